The maximum Gasteiger partial charge on any atom is 0.222 e. The van der Waals surface area contributed by atoms with Gasteiger partial charge >= 0.3 is 0 Å². The predicted octanol–water partition coefficient (Wildman–Crippen LogP) is 4.85. The van der Waals surface area contributed by atoms with Crippen LogP contribution >= 0.6 is 11.3 Å². The van der Waals surface area contributed by atoms with Crippen molar-refractivity contribution in [2.75, 3.05) is 26.2 Å². The molecule has 0 saturated carbocycles. The quantitative estimate of drug-likeness (QED) is 0.599. The highest BCUT2D eigenvalue weighted by molar-refractivity contribution is 7.23. The first kappa shape index (κ1) is 21.3. The Bertz CT molecular complexity index is 1060. The summed E-state index contributed by atoms with van der Waals surface area (Å²) >= 11 is 1.78. The molecule has 6 heteroatoms. The van der Waals surface area contributed by atoms with Crippen LogP contribution in [0, 0.1) is 12.8 Å². The fourth-order valence-corrected chi connectivity index (χ4v) is 5.47. The van der Waals surface area contributed by atoms with Crippen molar-refractivity contribution in [1.29, 1.82) is 0 Å². The number of rotatable bonds is 4. The molecular weight excluding hydrogens is 392 g/mol. The highest BCUT2D eigenvalue weighted by Gasteiger charge is 2.28. The smallest absolute Gasteiger partial charge is 0.222 e. The summed E-state index contributed by atoms with van der Waals surface area (Å²) in [5, 5.41) is 0. The van der Waals surface area contributed by atoms with E-state index in [1.807, 2.05) is 4.90 Å². The van der Waals surface area contributed by atoms with Gasteiger partial charge in [0, 0.05) is 44.6 Å². The number of aryl methyl sites for hydroxylation is 1. The minimum Gasteiger partial charge on any atom is -0.340 e. The van der Waals surface area contributed by atoms with Gasteiger partial charge in [0.2, 0.25) is 5.91 Å². The molecule has 0 spiro atoms. The Balaban J connectivity index is 1.62. The molecule has 0 atom stereocenters. The summed E-state index contributed by atoms with van der Waals surface area (Å²) in [5.74, 6) is 0.714. The zero-order valence-electron chi connectivity index (χ0n) is 19.2. The second-order valence-corrected chi connectivity index (χ2v) is 11.1. The van der Waals surface area contributed by atoms with Crippen molar-refractivity contribution < 1.29 is 4.79 Å². The molecule has 0 radical (unpaired) electrons. The molecule has 1 aliphatic heterocycles. The number of carbonyl (C=O) groups is 1. The molecule has 5 nitrogen and oxygen atoms in total. The van der Waals surface area contributed by atoms with Gasteiger partial charge in [-0.15, -0.1) is 0 Å². The lowest BCUT2D eigenvalue weighted by molar-refractivity contribution is -0.133. The summed E-state index contributed by atoms with van der Waals surface area (Å²) in [6.45, 7) is 17.5. The van der Waals surface area contributed by atoms with Crippen LogP contribution < -0.4 is 0 Å². The number of piperazine rings is 1. The van der Waals surface area contributed by atoms with Gasteiger partial charge in [-0.3, -0.25) is 14.1 Å². The van der Waals surface area contributed by atoms with Gasteiger partial charge in [-0.1, -0.05) is 52.0 Å². The number of benzene rings is 1. The van der Waals surface area contributed by atoms with Gasteiger partial charge in [-0.2, -0.15) is 0 Å². The van der Waals surface area contributed by atoms with E-state index in [0.29, 0.717) is 18.2 Å². The standard InChI is InChI=1S/C24H34N4OS/c1-16(2)13-21(29)27-11-9-26(10-12-27)15-19-22(24(4,5)6)25-23-28(19)18-8-7-17(3)14-20(18)30-23/h7-8,14,16H,9-13,15H2,1-6H3. The van der Waals surface area contributed by atoms with Crippen LogP contribution in [-0.4, -0.2) is 51.3 Å². The van der Waals surface area contributed by atoms with Gasteiger partial charge in [0.1, 0.15) is 0 Å². The van der Waals surface area contributed by atoms with Gasteiger partial charge in [0.25, 0.3) is 0 Å². The molecule has 3 heterocycles. The number of imidazole rings is 1. The maximum absolute atomic E-state index is 12.4. The molecule has 4 rings (SSSR count). The topological polar surface area (TPSA) is 40.9 Å². The van der Waals surface area contributed by atoms with E-state index in [1.165, 1.54) is 27.2 Å². The van der Waals surface area contributed by atoms with E-state index in [4.69, 9.17) is 4.98 Å². The lowest BCUT2D eigenvalue weighted by Gasteiger charge is -2.35. The SMILES string of the molecule is Cc1ccc2c(c1)sc1nc(C(C)(C)C)c(CN3CCN(C(=O)CC(C)C)CC3)n12. The molecule has 30 heavy (non-hydrogen) atoms. The number of thiazole rings is 1. The molecule has 1 saturated heterocycles. The summed E-state index contributed by atoms with van der Waals surface area (Å²) in [5.41, 5.74) is 5.02. The Morgan fingerprint density at radius 2 is 1.87 bits per heavy atom. The third-order valence-electron chi connectivity index (χ3n) is 5.89. The van der Waals surface area contributed by atoms with Gasteiger partial charge in [0.05, 0.1) is 21.6 Å². The van der Waals surface area contributed by atoms with Crippen LogP contribution in [0.4, 0.5) is 0 Å². The van der Waals surface area contributed by atoms with E-state index in [1.54, 1.807) is 11.3 Å². The van der Waals surface area contributed by atoms with Crippen LogP contribution in [0.5, 0.6) is 0 Å². The molecule has 0 aliphatic carbocycles. The molecule has 1 aliphatic rings. The molecule has 0 N–H and O–H groups in total. The first-order valence-corrected chi connectivity index (χ1v) is 11.9. The average Bonchev–Trinajstić information content (AvgIpc) is 3.17. The normalized spacial score (nSPS) is 16.3. The van der Waals surface area contributed by atoms with Crippen LogP contribution in [0.2, 0.25) is 0 Å². The van der Waals surface area contributed by atoms with Crippen molar-refractivity contribution in [3.05, 3.63) is 35.2 Å². The number of nitrogens with zero attached hydrogens (tertiary/aromatic N) is 4. The monoisotopic (exact) mass is 426 g/mol. The third kappa shape index (κ3) is 4.12. The van der Waals surface area contributed by atoms with Crippen LogP contribution in [0.15, 0.2) is 18.2 Å². The van der Waals surface area contributed by atoms with Crippen molar-refractivity contribution in [3.63, 3.8) is 0 Å². The molecule has 3 aromatic rings. The highest BCUT2D eigenvalue weighted by atomic mass is 32.1. The van der Waals surface area contributed by atoms with E-state index in [-0.39, 0.29) is 5.41 Å². The molecule has 1 fully saturated rings. The van der Waals surface area contributed by atoms with Crippen LogP contribution in [0.25, 0.3) is 15.2 Å². The number of hydrogen-bond donors (Lipinski definition) is 0. The molecule has 2 aromatic heterocycles. The summed E-state index contributed by atoms with van der Waals surface area (Å²) in [4.78, 5) is 23.1. The van der Waals surface area contributed by atoms with Crippen molar-refractivity contribution in [3.8, 4) is 0 Å². The lowest BCUT2D eigenvalue weighted by atomic mass is 9.90. The van der Waals surface area contributed by atoms with Crippen molar-refractivity contribution >= 4 is 32.4 Å². The zero-order chi connectivity index (χ0) is 21.6. The number of fused-ring (bicyclic) bond motifs is 3. The minimum atomic E-state index is -0.00680. The van der Waals surface area contributed by atoms with Gasteiger partial charge in [0.15, 0.2) is 4.96 Å². The first-order valence-electron chi connectivity index (χ1n) is 11.0. The van der Waals surface area contributed by atoms with Crippen LogP contribution in [0.3, 0.4) is 0 Å². The molecule has 162 valence electrons. The highest BCUT2D eigenvalue weighted by Crippen LogP contribution is 2.34. The van der Waals surface area contributed by atoms with E-state index in [9.17, 15) is 4.79 Å². The minimum absolute atomic E-state index is 0.00680. The number of aromatic nitrogens is 2. The third-order valence-corrected chi connectivity index (χ3v) is 6.89. The Kier molecular flexibility index (Phi) is 5.66. The van der Waals surface area contributed by atoms with Crippen molar-refractivity contribution in [2.24, 2.45) is 5.92 Å². The van der Waals surface area contributed by atoms with Crippen molar-refractivity contribution in [2.45, 2.75) is 59.9 Å². The van der Waals surface area contributed by atoms with E-state index in [0.717, 1.165) is 37.7 Å². The summed E-state index contributed by atoms with van der Waals surface area (Å²) < 4.78 is 3.67. The number of carbonyl (C=O) groups excluding carboxylic acids is 1. The van der Waals surface area contributed by atoms with Gasteiger partial charge < -0.3 is 4.90 Å². The molecule has 1 aromatic carbocycles. The molecule has 1 amide bonds. The van der Waals surface area contributed by atoms with E-state index in [2.05, 4.69) is 69.0 Å². The van der Waals surface area contributed by atoms with Crippen LogP contribution in [-0.2, 0) is 16.8 Å². The first-order chi connectivity index (χ1) is 14.1. The molecule has 0 unspecified atom stereocenters. The Morgan fingerprint density at radius 1 is 1.17 bits per heavy atom. The number of amides is 1. The van der Waals surface area contributed by atoms with Gasteiger partial charge in [-0.05, 0) is 30.5 Å². The zero-order valence-corrected chi connectivity index (χ0v) is 20.0. The summed E-state index contributed by atoms with van der Waals surface area (Å²) in [6.07, 6.45) is 0.651. The molecular formula is C24H34N4OS. The second-order valence-electron chi connectivity index (χ2n) is 10.1. The largest absolute Gasteiger partial charge is 0.340 e. The fourth-order valence-electron chi connectivity index (χ4n) is 4.33. The Morgan fingerprint density at radius 3 is 2.50 bits per heavy atom. The van der Waals surface area contributed by atoms with E-state index >= 15 is 0 Å². The fraction of sp³-hybridized carbons (Fsp3) is 0.583. The Hall–Kier alpha value is -1.92. The van der Waals surface area contributed by atoms with E-state index < -0.39 is 0 Å². The number of hydrogen-bond acceptors (Lipinski definition) is 4. The van der Waals surface area contributed by atoms with Crippen LogP contribution in [0.1, 0.15) is 58.0 Å². The lowest BCUT2D eigenvalue weighted by Crippen LogP contribution is -2.48. The summed E-state index contributed by atoms with van der Waals surface area (Å²) in [6, 6.07) is 6.68. The van der Waals surface area contributed by atoms with Crippen molar-refractivity contribution in [1.82, 2.24) is 19.2 Å². The molecule has 0 bridgehead atoms. The Labute approximate surface area is 183 Å². The second kappa shape index (κ2) is 7.97. The maximum atomic E-state index is 12.4. The average molecular weight is 427 g/mol. The summed E-state index contributed by atoms with van der Waals surface area (Å²) in [7, 11) is 0. The predicted molar refractivity (Wildman–Crippen MR) is 125 cm³/mol. The van der Waals surface area contributed by atoms with Gasteiger partial charge in [-0.25, -0.2) is 4.98 Å².